The predicted molar refractivity (Wildman–Crippen MR) is 75.5 cm³/mol. The maximum absolute atomic E-state index is 13.1. The van der Waals surface area contributed by atoms with E-state index in [2.05, 4.69) is 0 Å². The van der Waals surface area contributed by atoms with Gasteiger partial charge in [0.15, 0.2) is 0 Å². The fraction of sp³-hybridized carbons (Fsp3) is 0.125. The van der Waals surface area contributed by atoms with Gasteiger partial charge in [0.05, 0.1) is 12.0 Å². The standard InChI is InChI=1S/C16H13FN2O2/c17-15-6-3-12(7-13(15)9-18)10-21-16(20)8-11-1-4-14(19)5-2-11/h1-7H,8,10,19H2. The molecule has 0 aromatic heterocycles. The van der Waals surface area contributed by atoms with Gasteiger partial charge in [-0.3, -0.25) is 4.79 Å². The van der Waals surface area contributed by atoms with Crippen LogP contribution in [0.15, 0.2) is 42.5 Å². The first-order chi connectivity index (χ1) is 10.1. The van der Waals surface area contributed by atoms with E-state index in [1.807, 2.05) is 0 Å². The van der Waals surface area contributed by atoms with E-state index in [-0.39, 0.29) is 18.6 Å². The Morgan fingerprint density at radius 2 is 1.86 bits per heavy atom. The molecule has 2 aromatic rings. The molecule has 2 rings (SSSR count). The molecule has 0 bridgehead atoms. The first-order valence-corrected chi connectivity index (χ1v) is 6.27. The second kappa shape index (κ2) is 6.53. The van der Waals surface area contributed by atoms with Crippen molar-refractivity contribution in [2.75, 3.05) is 5.73 Å². The lowest BCUT2D eigenvalue weighted by Crippen LogP contribution is -2.08. The smallest absolute Gasteiger partial charge is 0.310 e. The van der Waals surface area contributed by atoms with Crippen LogP contribution in [-0.2, 0) is 22.6 Å². The van der Waals surface area contributed by atoms with E-state index in [4.69, 9.17) is 15.7 Å². The van der Waals surface area contributed by atoms with E-state index in [1.165, 1.54) is 18.2 Å². The van der Waals surface area contributed by atoms with Crippen LogP contribution < -0.4 is 5.73 Å². The van der Waals surface area contributed by atoms with Gasteiger partial charge in [0.25, 0.3) is 0 Å². The van der Waals surface area contributed by atoms with Crippen LogP contribution in [0.4, 0.5) is 10.1 Å². The van der Waals surface area contributed by atoms with Crippen molar-refractivity contribution in [2.24, 2.45) is 0 Å². The Kier molecular flexibility index (Phi) is 4.52. The molecule has 0 saturated heterocycles. The molecular weight excluding hydrogens is 271 g/mol. The van der Waals surface area contributed by atoms with E-state index >= 15 is 0 Å². The van der Waals surface area contributed by atoms with Gasteiger partial charge >= 0.3 is 5.97 Å². The van der Waals surface area contributed by atoms with Crippen molar-refractivity contribution in [3.63, 3.8) is 0 Å². The summed E-state index contributed by atoms with van der Waals surface area (Å²) in [6, 6.07) is 12.7. The summed E-state index contributed by atoms with van der Waals surface area (Å²) in [5.74, 6) is -0.989. The fourth-order valence-electron chi connectivity index (χ4n) is 1.76. The molecule has 0 atom stereocenters. The lowest BCUT2D eigenvalue weighted by molar-refractivity contribution is -0.144. The molecule has 0 aliphatic carbocycles. The molecule has 2 N–H and O–H groups in total. The number of anilines is 1. The summed E-state index contributed by atoms with van der Waals surface area (Å²) in [6.07, 6.45) is 0.132. The number of hydrogen-bond donors (Lipinski definition) is 1. The first-order valence-electron chi connectivity index (χ1n) is 6.27. The van der Waals surface area contributed by atoms with Crippen molar-refractivity contribution in [1.29, 1.82) is 5.26 Å². The van der Waals surface area contributed by atoms with Gasteiger partial charge in [0.1, 0.15) is 18.5 Å². The Labute approximate surface area is 121 Å². The average molecular weight is 284 g/mol. The van der Waals surface area contributed by atoms with E-state index in [0.29, 0.717) is 11.3 Å². The van der Waals surface area contributed by atoms with Crippen LogP contribution in [0.1, 0.15) is 16.7 Å². The quantitative estimate of drug-likeness (QED) is 0.691. The second-order valence-electron chi connectivity index (χ2n) is 4.51. The van der Waals surface area contributed by atoms with Gasteiger partial charge in [0, 0.05) is 5.69 Å². The van der Waals surface area contributed by atoms with Crippen LogP contribution in [-0.4, -0.2) is 5.97 Å². The zero-order chi connectivity index (χ0) is 15.2. The van der Waals surface area contributed by atoms with Crippen LogP contribution in [0.5, 0.6) is 0 Å². The summed E-state index contributed by atoms with van der Waals surface area (Å²) >= 11 is 0. The van der Waals surface area contributed by atoms with Crippen LogP contribution in [0.2, 0.25) is 0 Å². The number of carbonyl (C=O) groups is 1. The van der Waals surface area contributed by atoms with Gasteiger partial charge in [0.2, 0.25) is 0 Å². The lowest BCUT2D eigenvalue weighted by Gasteiger charge is -2.06. The molecule has 4 nitrogen and oxygen atoms in total. The Hall–Kier alpha value is -2.87. The van der Waals surface area contributed by atoms with Gasteiger partial charge in [-0.1, -0.05) is 18.2 Å². The number of halogens is 1. The van der Waals surface area contributed by atoms with E-state index < -0.39 is 11.8 Å². The zero-order valence-electron chi connectivity index (χ0n) is 11.2. The minimum absolute atomic E-state index is 0.00274. The number of rotatable bonds is 4. The summed E-state index contributed by atoms with van der Waals surface area (Å²) in [7, 11) is 0. The Balaban J connectivity index is 1.92. The number of carbonyl (C=O) groups excluding carboxylic acids is 1. The average Bonchev–Trinajstić information content (AvgIpc) is 2.49. The van der Waals surface area contributed by atoms with Gasteiger partial charge < -0.3 is 10.5 Å². The number of nitriles is 1. The highest BCUT2D eigenvalue weighted by Crippen LogP contribution is 2.11. The number of nitrogens with two attached hydrogens (primary N) is 1. The maximum Gasteiger partial charge on any atom is 0.310 e. The van der Waals surface area contributed by atoms with Gasteiger partial charge in [-0.15, -0.1) is 0 Å². The molecule has 106 valence electrons. The highest BCUT2D eigenvalue weighted by Gasteiger charge is 2.07. The zero-order valence-corrected chi connectivity index (χ0v) is 11.2. The van der Waals surface area contributed by atoms with Crippen molar-refractivity contribution in [3.8, 4) is 6.07 Å². The molecule has 0 radical (unpaired) electrons. The van der Waals surface area contributed by atoms with Crippen molar-refractivity contribution in [3.05, 3.63) is 65.0 Å². The fourth-order valence-corrected chi connectivity index (χ4v) is 1.76. The van der Waals surface area contributed by atoms with E-state index in [0.717, 1.165) is 5.56 Å². The van der Waals surface area contributed by atoms with Crippen LogP contribution in [0.25, 0.3) is 0 Å². The molecule has 0 amide bonds. The van der Waals surface area contributed by atoms with E-state index in [9.17, 15) is 9.18 Å². The first kappa shape index (κ1) is 14.5. The molecule has 0 heterocycles. The van der Waals surface area contributed by atoms with Gasteiger partial charge in [-0.05, 0) is 35.4 Å². The summed E-state index contributed by atoms with van der Waals surface area (Å²) in [6.45, 7) is 0.00274. The number of benzene rings is 2. The summed E-state index contributed by atoms with van der Waals surface area (Å²) < 4.78 is 18.2. The predicted octanol–water partition coefficient (Wildman–Crippen LogP) is 2.57. The molecule has 0 saturated carbocycles. The van der Waals surface area contributed by atoms with Crippen molar-refractivity contribution in [2.45, 2.75) is 13.0 Å². The highest BCUT2D eigenvalue weighted by atomic mass is 19.1. The SMILES string of the molecule is N#Cc1cc(COC(=O)Cc2ccc(N)cc2)ccc1F. The number of nitrogen functional groups attached to an aromatic ring is 1. The third kappa shape index (κ3) is 4.05. The molecule has 0 aliphatic heterocycles. The normalized spacial score (nSPS) is 9.90. The molecule has 5 heteroatoms. The summed E-state index contributed by atoms with van der Waals surface area (Å²) in [5.41, 5.74) is 7.48. The molecule has 2 aromatic carbocycles. The molecule has 0 spiro atoms. The monoisotopic (exact) mass is 284 g/mol. The Morgan fingerprint density at radius 1 is 1.19 bits per heavy atom. The highest BCUT2D eigenvalue weighted by molar-refractivity contribution is 5.72. The van der Waals surface area contributed by atoms with Crippen molar-refractivity contribution < 1.29 is 13.9 Å². The summed E-state index contributed by atoms with van der Waals surface area (Å²) in [5, 5.41) is 8.73. The number of ether oxygens (including phenoxy) is 1. The Bertz CT molecular complexity index is 690. The van der Waals surface area contributed by atoms with Crippen molar-refractivity contribution in [1.82, 2.24) is 0 Å². The van der Waals surface area contributed by atoms with Gasteiger partial charge in [-0.2, -0.15) is 5.26 Å². The molecule has 21 heavy (non-hydrogen) atoms. The number of hydrogen-bond acceptors (Lipinski definition) is 4. The largest absolute Gasteiger partial charge is 0.461 e. The minimum Gasteiger partial charge on any atom is -0.461 e. The second-order valence-corrected chi connectivity index (χ2v) is 4.51. The van der Waals surface area contributed by atoms with Crippen LogP contribution in [0.3, 0.4) is 0 Å². The minimum atomic E-state index is -0.588. The topological polar surface area (TPSA) is 76.1 Å². The molecule has 0 unspecified atom stereocenters. The third-order valence-electron chi connectivity index (χ3n) is 2.88. The van der Waals surface area contributed by atoms with Gasteiger partial charge in [-0.25, -0.2) is 4.39 Å². The lowest BCUT2D eigenvalue weighted by atomic mass is 10.1. The van der Waals surface area contributed by atoms with Crippen molar-refractivity contribution >= 4 is 11.7 Å². The third-order valence-corrected chi connectivity index (χ3v) is 2.88. The molecular formula is C16H13FN2O2. The Morgan fingerprint density at radius 3 is 2.52 bits per heavy atom. The molecule has 0 aliphatic rings. The molecule has 0 fully saturated rings. The van der Waals surface area contributed by atoms with Crippen LogP contribution in [0, 0.1) is 17.1 Å². The summed E-state index contributed by atoms with van der Waals surface area (Å²) in [4.78, 5) is 11.7. The van der Waals surface area contributed by atoms with E-state index in [1.54, 1.807) is 30.3 Å². The maximum atomic E-state index is 13.1. The number of nitrogens with zero attached hydrogens (tertiary/aromatic N) is 1. The number of esters is 1. The van der Waals surface area contributed by atoms with Crippen LogP contribution >= 0.6 is 0 Å².